The molecule has 0 amide bonds. The van der Waals surface area contributed by atoms with Crippen LogP contribution in [-0.2, 0) is 17.9 Å². The first kappa shape index (κ1) is 34.5. The summed E-state index contributed by atoms with van der Waals surface area (Å²) in [6.45, 7) is 1.40. The summed E-state index contributed by atoms with van der Waals surface area (Å²) in [4.78, 5) is 39.6. The van der Waals surface area contributed by atoms with Crippen LogP contribution in [0.4, 0.5) is 27.8 Å². The molecule has 0 radical (unpaired) electrons. The minimum absolute atomic E-state index is 0.0123. The van der Waals surface area contributed by atoms with Gasteiger partial charge in [0.15, 0.2) is 18.0 Å². The third-order valence-electron chi connectivity index (χ3n) is 8.70. The number of nitrogens with zero attached hydrogens (tertiary/aromatic N) is 6. The van der Waals surface area contributed by atoms with Crippen molar-refractivity contribution in [2.24, 2.45) is 5.41 Å². The second-order valence-corrected chi connectivity index (χ2v) is 12.2. The number of aliphatic carboxylic acids is 1. The summed E-state index contributed by atoms with van der Waals surface area (Å²) < 4.78 is 73.8. The Morgan fingerprint density at radius 3 is 2.42 bits per heavy atom. The summed E-state index contributed by atoms with van der Waals surface area (Å²) in [7, 11) is 0. The maximum atomic E-state index is 14.9. The number of benzene rings is 2. The molecule has 1 spiro atoms. The molecule has 2 fully saturated rings. The number of carboxylic acids is 2. The van der Waals surface area contributed by atoms with Gasteiger partial charge >= 0.3 is 24.1 Å². The van der Waals surface area contributed by atoms with Crippen LogP contribution in [0.2, 0.25) is 5.02 Å². The predicted octanol–water partition coefficient (Wildman–Crippen LogP) is 6.48. The Kier molecular flexibility index (Phi) is 9.35. The fourth-order valence-electron chi connectivity index (χ4n) is 6.03. The number of piperidine rings is 1. The normalized spacial score (nSPS) is 16.6. The molecule has 1 aliphatic carbocycles. The summed E-state index contributed by atoms with van der Waals surface area (Å²) in [5.74, 6) is -3.01. The molecular weight excluding hydrogens is 695 g/mol. The van der Waals surface area contributed by atoms with Crippen LogP contribution in [0.25, 0.3) is 11.0 Å². The summed E-state index contributed by atoms with van der Waals surface area (Å²) in [5.41, 5.74) is 1.90. The van der Waals surface area contributed by atoms with Crippen molar-refractivity contribution in [3.05, 3.63) is 94.6 Å². The molecule has 2 N–H and O–H groups in total. The zero-order valence-corrected chi connectivity index (χ0v) is 26.5. The number of aromatic nitrogens is 5. The highest BCUT2D eigenvalue weighted by molar-refractivity contribution is 6.30. The van der Waals surface area contributed by atoms with Crippen LogP contribution >= 0.6 is 11.6 Å². The maximum Gasteiger partial charge on any atom is 0.490 e. The van der Waals surface area contributed by atoms with Crippen molar-refractivity contribution in [1.29, 1.82) is 0 Å². The van der Waals surface area contributed by atoms with Crippen LogP contribution in [0.3, 0.4) is 0 Å². The number of halogens is 6. The standard InChI is InChI=1S/C30H25ClF2N6O4.C2HF3O2/c31-19-3-1-18(22(32)10-19)15-42-29-35-13-23(33)27(37-29)38-7-5-30(6-8-38)11-21(30)26-36-24-4-2-17(28(40)41)9-25(24)39(26)14-20-12-34-16-43-20;3-2(4,5)1(6)7/h1-4,9-10,12-13,16,21H,5-8,11,14-15H2,(H,40,41);(H,6,7). The van der Waals surface area contributed by atoms with Crippen LogP contribution in [0.1, 0.15) is 52.7 Å². The molecule has 1 saturated heterocycles. The van der Waals surface area contributed by atoms with Gasteiger partial charge in [0, 0.05) is 29.6 Å². The molecule has 2 aromatic carbocycles. The molecule has 1 saturated carbocycles. The molecule has 1 atom stereocenters. The zero-order valence-electron chi connectivity index (χ0n) is 25.7. The Hall–Kier alpha value is -5.32. The minimum atomic E-state index is -5.08. The summed E-state index contributed by atoms with van der Waals surface area (Å²) >= 11 is 5.81. The molecule has 50 heavy (non-hydrogen) atoms. The number of hydrogen-bond acceptors (Lipinski definition) is 9. The lowest BCUT2D eigenvalue weighted by Gasteiger charge is -2.33. The number of alkyl halides is 3. The molecule has 1 unspecified atom stereocenters. The van der Waals surface area contributed by atoms with E-state index in [1.807, 2.05) is 9.47 Å². The molecular formula is C32H26ClF5N6O6. The largest absolute Gasteiger partial charge is 0.490 e. The first-order valence-corrected chi connectivity index (χ1v) is 15.4. The molecule has 7 rings (SSSR count). The maximum absolute atomic E-state index is 14.9. The molecule has 2 aliphatic rings. The predicted molar refractivity (Wildman–Crippen MR) is 165 cm³/mol. The van der Waals surface area contributed by atoms with E-state index in [4.69, 9.17) is 35.6 Å². The zero-order chi connectivity index (χ0) is 35.8. The lowest BCUT2D eigenvalue weighted by molar-refractivity contribution is -0.192. The van der Waals surface area contributed by atoms with Crippen molar-refractivity contribution in [1.82, 2.24) is 24.5 Å². The van der Waals surface area contributed by atoms with Crippen LogP contribution in [0.5, 0.6) is 6.01 Å². The number of anilines is 1. The average molecular weight is 721 g/mol. The van der Waals surface area contributed by atoms with Gasteiger partial charge in [-0.2, -0.15) is 18.2 Å². The molecule has 12 nitrogen and oxygen atoms in total. The molecule has 18 heteroatoms. The third kappa shape index (κ3) is 7.31. The van der Waals surface area contributed by atoms with E-state index in [1.165, 1.54) is 18.5 Å². The van der Waals surface area contributed by atoms with Crippen molar-refractivity contribution in [3.63, 3.8) is 0 Å². The van der Waals surface area contributed by atoms with Gasteiger partial charge in [0.05, 0.1) is 35.5 Å². The van der Waals surface area contributed by atoms with E-state index in [2.05, 4.69) is 15.0 Å². The fraction of sp³-hybridized carbons (Fsp3) is 0.312. The number of carbonyl (C=O) groups is 2. The molecule has 5 aromatic rings. The van der Waals surface area contributed by atoms with E-state index in [1.54, 1.807) is 30.5 Å². The number of imidazole rings is 1. The molecule has 4 heterocycles. The van der Waals surface area contributed by atoms with E-state index < -0.39 is 29.7 Å². The molecule has 1 aliphatic heterocycles. The minimum Gasteiger partial charge on any atom is -0.478 e. The van der Waals surface area contributed by atoms with Crippen molar-refractivity contribution in [2.45, 2.75) is 44.5 Å². The van der Waals surface area contributed by atoms with Crippen LogP contribution in [0.15, 0.2) is 59.6 Å². The van der Waals surface area contributed by atoms with E-state index in [9.17, 15) is 31.9 Å². The SMILES string of the molecule is O=C(O)C(F)(F)F.O=C(O)c1ccc2nc(C3CC34CCN(c3nc(OCc5ccc(Cl)cc5F)ncc3F)CC4)n(Cc3cnco3)c2c1. The number of ether oxygens (including phenoxy) is 1. The van der Waals surface area contributed by atoms with Crippen molar-refractivity contribution < 1.29 is 50.9 Å². The van der Waals surface area contributed by atoms with Gasteiger partial charge in [-0.05, 0) is 55.0 Å². The van der Waals surface area contributed by atoms with Gasteiger partial charge in [0.2, 0.25) is 0 Å². The van der Waals surface area contributed by atoms with Crippen molar-refractivity contribution >= 4 is 40.4 Å². The number of fused-ring (bicyclic) bond motifs is 1. The van der Waals surface area contributed by atoms with Gasteiger partial charge in [-0.1, -0.05) is 17.7 Å². The third-order valence-corrected chi connectivity index (χ3v) is 8.94. The monoisotopic (exact) mass is 720 g/mol. The van der Waals surface area contributed by atoms with E-state index in [-0.39, 0.29) is 45.9 Å². The fourth-order valence-corrected chi connectivity index (χ4v) is 6.19. The highest BCUT2D eigenvalue weighted by Crippen LogP contribution is 2.65. The lowest BCUT2D eigenvalue weighted by atomic mass is 9.90. The average Bonchev–Trinajstić information content (AvgIpc) is 3.35. The smallest absolute Gasteiger partial charge is 0.478 e. The van der Waals surface area contributed by atoms with Gasteiger partial charge in [0.25, 0.3) is 0 Å². The number of aromatic carboxylic acids is 1. The van der Waals surface area contributed by atoms with Gasteiger partial charge in [-0.25, -0.2) is 33.3 Å². The summed E-state index contributed by atoms with van der Waals surface area (Å²) in [6.07, 6.45) is 1.48. The Morgan fingerprint density at radius 1 is 1.04 bits per heavy atom. The topological polar surface area (TPSA) is 157 Å². The van der Waals surface area contributed by atoms with E-state index in [0.29, 0.717) is 30.9 Å². The Bertz CT molecular complexity index is 2050. The van der Waals surface area contributed by atoms with Gasteiger partial charge in [-0.15, -0.1) is 0 Å². The number of oxazole rings is 1. The molecule has 0 bridgehead atoms. The highest BCUT2D eigenvalue weighted by atomic mass is 35.5. The first-order chi connectivity index (χ1) is 23.7. The highest BCUT2D eigenvalue weighted by Gasteiger charge is 2.57. The Morgan fingerprint density at radius 2 is 1.78 bits per heavy atom. The van der Waals surface area contributed by atoms with Gasteiger partial charge in [0.1, 0.15) is 24.0 Å². The quantitative estimate of drug-likeness (QED) is 0.169. The number of rotatable bonds is 8. The number of carboxylic acid groups (broad SMARTS) is 2. The summed E-state index contributed by atoms with van der Waals surface area (Å²) in [5, 5.41) is 17.0. The van der Waals surface area contributed by atoms with Crippen molar-refractivity contribution in [3.8, 4) is 6.01 Å². The van der Waals surface area contributed by atoms with E-state index in [0.717, 1.165) is 36.8 Å². The Balaban J connectivity index is 0.000000561. The van der Waals surface area contributed by atoms with Crippen LogP contribution in [-0.4, -0.2) is 65.9 Å². The summed E-state index contributed by atoms with van der Waals surface area (Å²) in [6, 6.07) is 9.16. The first-order valence-electron chi connectivity index (χ1n) is 15.0. The second kappa shape index (κ2) is 13.5. The van der Waals surface area contributed by atoms with Crippen molar-refractivity contribution in [2.75, 3.05) is 18.0 Å². The van der Waals surface area contributed by atoms with Crippen LogP contribution in [0, 0.1) is 17.0 Å². The molecule has 3 aromatic heterocycles. The van der Waals surface area contributed by atoms with E-state index >= 15 is 0 Å². The van der Waals surface area contributed by atoms with Crippen LogP contribution < -0.4 is 9.64 Å². The lowest BCUT2D eigenvalue weighted by Crippen LogP contribution is -2.36. The molecule has 262 valence electrons. The number of hydrogen-bond donors (Lipinski definition) is 2. The van der Waals surface area contributed by atoms with Gasteiger partial charge in [-0.3, -0.25) is 0 Å². The second-order valence-electron chi connectivity index (χ2n) is 11.8. The Labute approximate surface area is 284 Å². The van der Waals surface area contributed by atoms with Gasteiger partial charge < -0.3 is 28.8 Å².